The van der Waals surface area contributed by atoms with Gasteiger partial charge in [0.1, 0.15) is 0 Å². The highest BCUT2D eigenvalue weighted by Gasteiger charge is 2.13. The van der Waals surface area contributed by atoms with Crippen molar-refractivity contribution in [3.63, 3.8) is 0 Å². The van der Waals surface area contributed by atoms with Gasteiger partial charge in [0.2, 0.25) is 10.0 Å². The second-order valence-electron chi connectivity index (χ2n) is 5.39. The van der Waals surface area contributed by atoms with Gasteiger partial charge in [-0.3, -0.25) is 4.79 Å². The SMILES string of the molecule is CCN(Cc1cccc(S(N)(=O)=O)c1)c1cc(C)ccc1C=O. The molecular formula is C17H20N2O3S. The summed E-state index contributed by atoms with van der Waals surface area (Å²) >= 11 is 0. The number of benzene rings is 2. The first kappa shape index (κ1) is 17.2. The normalized spacial score (nSPS) is 11.3. The molecule has 0 aliphatic rings. The number of nitrogens with two attached hydrogens (primary N) is 1. The summed E-state index contributed by atoms with van der Waals surface area (Å²) in [5.41, 5.74) is 3.32. The van der Waals surface area contributed by atoms with Gasteiger partial charge in [0.05, 0.1) is 4.90 Å². The Morgan fingerprint density at radius 3 is 2.52 bits per heavy atom. The number of aldehydes is 1. The molecule has 2 N–H and O–H groups in total. The fraction of sp³-hybridized carbons (Fsp3) is 0.235. The van der Waals surface area contributed by atoms with Crippen LogP contribution in [0.1, 0.15) is 28.4 Å². The number of nitrogens with zero attached hydrogens (tertiary/aromatic N) is 1. The van der Waals surface area contributed by atoms with Crippen LogP contribution in [0.15, 0.2) is 47.4 Å². The van der Waals surface area contributed by atoms with E-state index in [-0.39, 0.29) is 4.90 Å². The van der Waals surface area contributed by atoms with Crippen molar-refractivity contribution in [2.75, 3.05) is 11.4 Å². The molecule has 2 aromatic rings. The highest BCUT2D eigenvalue weighted by Crippen LogP contribution is 2.23. The van der Waals surface area contributed by atoms with Gasteiger partial charge in [-0.2, -0.15) is 0 Å². The smallest absolute Gasteiger partial charge is 0.238 e. The highest BCUT2D eigenvalue weighted by atomic mass is 32.2. The number of carbonyl (C=O) groups excluding carboxylic acids is 1. The first-order valence-electron chi connectivity index (χ1n) is 7.27. The summed E-state index contributed by atoms with van der Waals surface area (Å²) in [5.74, 6) is 0. The molecule has 0 fully saturated rings. The summed E-state index contributed by atoms with van der Waals surface area (Å²) in [6.07, 6.45) is 0.832. The Hall–Kier alpha value is -2.18. The minimum Gasteiger partial charge on any atom is -0.367 e. The molecule has 0 heterocycles. The zero-order valence-corrected chi connectivity index (χ0v) is 14.0. The van der Waals surface area contributed by atoms with E-state index in [2.05, 4.69) is 0 Å². The van der Waals surface area contributed by atoms with E-state index in [1.165, 1.54) is 6.07 Å². The summed E-state index contributed by atoms with van der Waals surface area (Å²) in [5, 5.41) is 5.18. The van der Waals surface area contributed by atoms with Crippen molar-refractivity contribution >= 4 is 22.0 Å². The number of hydrogen-bond donors (Lipinski definition) is 1. The molecule has 2 rings (SSSR count). The Labute approximate surface area is 136 Å². The number of anilines is 1. The number of primary sulfonamides is 1. The zero-order valence-electron chi connectivity index (χ0n) is 13.2. The van der Waals surface area contributed by atoms with Crippen molar-refractivity contribution in [2.45, 2.75) is 25.3 Å². The largest absolute Gasteiger partial charge is 0.367 e. The zero-order chi connectivity index (χ0) is 17.0. The second kappa shape index (κ2) is 6.93. The molecule has 6 heteroatoms. The topological polar surface area (TPSA) is 80.5 Å². The molecule has 0 unspecified atom stereocenters. The van der Waals surface area contributed by atoms with Crippen molar-refractivity contribution in [1.29, 1.82) is 0 Å². The predicted octanol–water partition coefficient (Wildman–Crippen LogP) is 2.48. The van der Waals surface area contributed by atoms with Crippen molar-refractivity contribution in [2.24, 2.45) is 5.14 Å². The highest BCUT2D eigenvalue weighted by molar-refractivity contribution is 7.89. The fourth-order valence-corrected chi connectivity index (χ4v) is 3.02. The van der Waals surface area contributed by atoms with Gasteiger partial charge in [-0.15, -0.1) is 0 Å². The fourth-order valence-electron chi connectivity index (χ4n) is 2.44. The third kappa shape index (κ3) is 4.18. The van der Waals surface area contributed by atoms with Crippen LogP contribution in [0.25, 0.3) is 0 Å². The summed E-state index contributed by atoms with van der Waals surface area (Å²) in [6.45, 7) is 5.13. The van der Waals surface area contributed by atoms with Crippen LogP contribution >= 0.6 is 0 Å². The molecule has 0 bridgehead atoms. The van der Waals surface area contributed by atoms with Crippen LogP contribution in [-0.2, 0) is 16.6 Å². The van der Waals surface area contributed by atoms with Crippen LogP contribution in [-0.4, -0.2) is 21.2 Å². The lowest BCUT2D eigenvalue weighted by atomic mass is 10.1. The number of hydrogen-bond acceptors (Lipinski definition) is 4. The quantitative estimate of drug-likeness (QED) is 0.824. The van der Waals surface area contributed by atoms with E-state index in [1.54, 1.807) is 18.2 Å². The Bertz CT molecular complexity index is 816. The number of carbonyl (C=O) groups is 1. The van der Waals surface area contributed by atoms with Crippen LogP contribution in [0, 0.1) is 6.92 Å². The van der Waals surface area contributed by atoms with Crippen LogP contribution in [0.4, 0.5) is 5.69 Å². The molecule has 0 atom stereocenters. The number of sulfonamides is 1. The Morgan fingerprint density at radius 2 is 1.91 bits per heavy atom. The Morgan fingerprint density at radius 1 is 1.17 bits per heavy atom. The maximum Gasteiger partial charge on any atom is 0.238 e. The van der Waals surface area contributed by atoms with Gasteiger partial charge in [0.25, 0.3) is 0 Å². The summed E-state index contributed by atoms with van der Waals surface area (Å²) in [7, 11) is -3.73. The van der Waals surface area contributed by atoms with Crippen molar-refractivity contribution in [1.82, 2.24) is 0 Å². The van der Waals surface area contributed by atoms with E-state index >= 15 is 0 Å². The molecule has 0 radical (unpaired) electrons. The number of rotatable bonds is 6. The van der Waals surface area contributed by atoms with Gasteiger partial charge in [-0.05, 0) is 49.2 Å². The van der Waals surface area contributed by atoms with Gasteiger partial charge in [-0.25, -0.2) is 13.6 Å². The molecule has 122 valence electrons. The van der Waals surface area contributed by atoms with Gasteiger partial charge in [-0.1, -0.05) is 18.2 Å². The Balaban J connectivity index is 2.37. The average molecular weight is 332 g/mol. The first-order chi connectivity index (χ1) is 10.8. The van der Waals surface area contributed by atoms with Crippen LogP contribution < -0.4 is 10.0 Å². The van der Waals surface area contributed by atoms with Crippen LogP contribution in [0.2, 0.25) is 0 Å². The van der Waals surface area contributed by atoms with E-state index < -0.39 is 10.0 Å². The molecular weight excluding hydrogens is 312 g/mol. The van der Waals surface area contributed by atoms with E-state index in [0.29, 0.717) is 18.7 Å². The predicted molar refractivity (Wildman–Crippen MR) is 91.1 cm³/mol. The minimum absolute atomic E-state index is 0.0888. The Kier molecular flexibility index (Phi) is 5.18. The standard InChI is InChI=1S/C17H20N2O3S/c1-3-19(17-9-13(2)7-8-15(17)12-20)11-14-5-4-6-16(10-14)23(18,21)22/h4-10,12H,3,11H2,1-2H3,(H2,18,21,22). The monoisotopic (exact) mass is 332 g/mol. The molecule has 0 amide bonds. The van der Waals surface area contributed by atoms with Crippen molar-refractivity contribution in [3.8, 4) is 0 Å². The van der Waals surface area contributed by atoms with Gasteiger partial charge >= 0.3 is 0 Å². The van der Waals surface area contributed by atoms with Gasteiger partial charge in [0.15, 0.2) is 6.29 Å². The van der Waals surface area contributed by atoms with Crippen LogP contribution in [0.3, 0.4) is 0 Å². The lowest BCUT2D eigenvalue weighted by Crippen LogP contribution is -2.23. The molecule has 0 aliphatic carbocycles. The summed E-state index contributed by atoms with van der Waals surface area (Å²) in [4.78, 5) is 13.4. The molecule has 23 heavy (non-hydrogen) atoms. The van der Waals surface area contributed by atoms with Crippen LogP contribution in [0.5, 0.6) is 0 Å². The van der Waals surface area contributed by atoms with Gasteiger partial charge < -0.3 is 4.90 Å². The summed E-state index contributed by atoms with van der Waals surface area (Å²) < 4.78 is 22.9. The lowest BCUT2D eigenvalue weighted by Gasteiger charge is -2.25. The molecule has 0 saturated heterocycles. The van der Waals surface area contributed by atoms with Gasteiger partial charge in [0, 0.05) is 24.3 Å². The van der Waals surface area contributed by atoms with Crippen molar-refractivity contribution < 1.29 is 13.2 Å². The van der Waals surface area contributed by atoms with E-state index in [1.807, 2.05) is 36.9 Å². The van der Waals surface area contributed by atoms with E-state index in [0.717, 1.165) is 23.1 Å². The maximum absolute atomic E-state index is 11.5. The molecule has 0 aliphatic heterocycles. The third-order valence-electron chi connectivity index (χ3n) is 3.64. The van der Waals surface area contributed by atoms with E-state index in [4.69, 9.17) is 5.14 Å². The average Bonchev–Trinajstić information content (AvgIpc) is 2.52. The first-order valence-corrected chi connectivity index (χ1v) is 8.82. The molecule has 5 nitrogen and oxygen atoms in total. The number of aryl methyl sites for hydroxylation is 1. The third-order valence-corrected chi connectivity index (χ3v) is 4.55. The molecule has 0 aromatic heterocycles. The molecule has 0 saturated carbocycles. The maximum atomic E-state index is 11.5. The van der Waals surface area contributed by atoms with E-state index in [9.17, 15) is 13.2 Å². The summed E-state index contributed by atoms with van der Waals surface area (Å²) in [6, 6.07) is 12.2. The molecule has 0 spiro atoms. The molecule has 2 aromatic carbocycles. The minimum atomic E-state index is -3.73. The van der Waals surface area contributed by atoms with Crippen molar-refractivity contribution in [3.05, 3.63) is 59.2 Å². The lowest BCUT2D eigenvalue weighted by molar-refractivity contribution is 0.112. The second-order valence-corrected chi connectivity index (χ2v) is 6.95.